The van der Waals surface area contributed by atoms with Gasteiger partial charge < -0.3 is 5.73 Å². The summed E-state index contributed by atoms with van der Waals surface area (Å²) in [7, 11) is -3.68. The second-order valence-corrected chi connectivity index (χ2v) is 5.92. The number of halogens is 2. The Kier molecular flexibility index (Phi) is 2.71. The molecule has 0 aliphatic carbocycles. The van der Waals surface area contributed by atoms with Crippen molar-refractivity contribution < 1.29 is 17.2 Å². The topological polar surface area (TPSA) is 60.2 Å². The van der Waals surface area contributed by atoms with E-state index in [-0.39, 0.29) is 11.3 Å². The summed E-state index contributed by atoms with van der Waals surface area (Å²) in [6, 6.07) is 0.956. The predicted molar refractivity (Wildman–Crippen MR) is 54.6 cm³/mol. The fraction of sp³-hybridized carbons (Fsp3) is 0.400. The van der Waals surface area contributed by atoms with Crippen molar-refractivity contribution in [2.75, 3.05) is 5.75 Å². The van der Waals surface area contributed by atoms with Gasteiger partial charge in [-0.3, -0.25) is 0 Å². The van der Waals surface area contributed by atoms with Gasteiger partial charge in [0.15, 0.2) is 9.84 Å². The summed E-state index contributed by atoms with van der Waals surface area (Å²) < 4.78 is 50.0. The van der Waals surface area contributed by atoms with Gasteiger partial charge in [-0.05, 0) is 24.5 Å². The van der Waals surface area contributed by atoms with Gasteiger partial charge >= 0.3 is 0 Å². The molecule has 1 heterocycles. The van der Waals surface area contributed by atoms with Crippen molar-refractivity contribution >= 4 is 9.84 Å². The lowest BCUT2D eigenvalue weighted by atomic mass is 10.0. The van der Waals surface area contributed by atoms with Crippen LogP contribution in [0, 0.1) is 11.6 Å². The maximum atomic E-state index is 13.5. The van der Waals surface area contributed by atoms with Gasteiger partial charge in [-0.2, -0.15) is 0 Å². The first-order chi connectivity index (χ1) is 7.42. The summed E-state index contributed by atoms with van der Waals surface area (Å²) >= 11 is 0. The van der Waals surface area contributed by atoms with Crippen LogP contribution in [0.3, 0.4) is 0 Å². The van der Waals surface area contributed by atoms with Crippen LogP contribution in [0.1, 0.15) is 24.4 Å². The van der Waals surface area contributed by atoms with Gasteiger partial charge in [0.05, 0.1) is 5.75 Å². The zero-order valence-electron chi connectivity index (χ0n) is 8.41. The average molecular weight is 247 g/mol. The van der Waals surface area contributed by atoms with Gasteiger partial charge in [0.1, 0.15) is 16.5 Å². The molecule has 3 nitrogen and oxygen atoms in total. The number of sulfone groups is 1. The summed E-state index contributed by atoms with van der Waals surface area (Å²) in [5.41, 5.74) is 5.76. The Morgan fingerprint density at radius 2 is 2.00 bits per heavy atom. The van der Waals surface area contributed by atoms with Crippen molar-refractivity contribution in [1.82, 2.24) is 0 Å². The zero-order chi connectivity index (χ0) is 11.9. The highest BCUT2D eigenvalue weighted by Crippen LogP contribution is 2.32. The minimum Gasteiger partial charge on any atom is -0.324 e. The van der Waals surface area contributed by atoms with Crippen molar-refractivity contribution in [3.63, 3.8) is 0 Å². The largest absolute Gasteiger partial charge is 0.324 e. The second-order valence-electron chi connectivity index (χ2n) is 3.87. The highest BCUT2D eigenvalue weighted by Gasteiger charge is 2.29. The molecule has 0 bridgehead atoms. The first-order valence-corrected chi connectivity index (χ1v) is 6.54. The maximum Gasteiger partial charge on any atom is 0.181 e. The first-order valence-electron chi connectivity index (χ1n) is 4.89. The molecule has 0 aromatic heterocycles. The Hall–Kier alpha value is -1.01. The van der Waals surface area contributed by atoms with E-state index in [1.165, 1.54) is 0 Å². The number of benzene rings is 1. The van der Waals surface area contributed by atoms with Gasteiger partial charge in [-0.1, -0.05) is 0 Å². The summed E-state index contributed by atoms with van der Waals surface area (Å²) in [6.07, 6.45) is 0.772. The number of hydrogen-bond donors (Lipinski definition) is 1. The van der Waals surface area contributed by atoms with Crippen LogP contribution in [0.5, 0.6) is 0 Å². The van der Waals surface area contributed by atoms with Crippen LogP contribution >= 0.6 is 0 Å². The molecule has 1 atom stereocenters. The van der Waals surface area contributed by atoms with Crippen molar-refractivity contribution in [2.45, 2.75) is 23.8 Å². The van der Waals surface area contributed by atoms with E-state index in [4.69, 9.17) is 5.73 Å². The molecule has 0 saturated heterocycles. The normalized spacial score (nSPS) is 23.6. The van der Waals surface area contributed by atoms with Gasteiger partial charge in [-0.15, -0.1) is 0 Å². The van der Waals surface area contributed by atoms with E-state index in [1.807, 2.05) is 0 Å². The van der Waals surface area contributed by atoms with Crippen LogP contribution in [0.25, 0.3) is 0 Å². The highest BCUT2D eigenvalue weighted by molar-refractivity contribution is 7.91. The summed E-state index contributed by atoms with van der Waals surface area (Å²) in [5.74, 6) is -1.99. The molecule has 88 valence electrons. The third-order valence-corrected chi connectivity index (χ3v) is 4.55. The maximum absolute atomic E-state index is 13.5. The minimum absolute atomic E-state index is 0.0509. The van der Waals surface area contributed by atoms with Crippen LogP contribution in [0.2, 0.25) is 0 Å². The fourth-order valence-electron chi connectivity index (χ4n) is 1.93. The summed E-state index contributed by atoms with van der Waals surface area (Å²) in [4.78, 5) is -0.432. The number of fused-ring (bicyclic) bond motifs is 1. The molecule has 0 fully saturated rings. The Morgan fingerprint density at radius 3 is 2.69 bits per heavy atom. The van der Waals surface area contributed by atoms with E-state index in [1.54, 1.807) is 0 Å². The van der Waals surface area contributed by atoms with Crippen molar-refractivity contribution in [1.29, 1.82) is 0 Å². The lowest BCUT2D eigenvalue weighted by Gasteiger charge is -2.12. The standard InChI is InChI=1S/C10H11F2NO2S/c11-6-4-7-9(13)2-1-3-16(14,15)10(7)8(12)5-6/h4-5,9H,1-3,13H2. The lowest BCUT2D eigenvalue weighted by Crippen LogP contribution is -2.13. The van der Waals surface area contributed by atoms with E-state index in [0.717, 1.165) is 6.07 Å². The van der Waals surface area contributed by atoms with Crippen molar-refractivity contribution in [3.8, 4) is 0 Å². The third-order valence-electron chi connectivity index (χ3n) is 2.68. The Balaban J connectivity index is 2.77. The van der Waals surface area contributed by atoms with Crippen LogP contribution in [0.4, 0.5) is 8.78 Å². The summed E-state index contributed by atoms with van der Waals surface area (Å²) in [6.45, 7) is 0. The number of hydrogen-bond acceptors (Lipinski definition) is 3. The molecule has 2 N–H and O–H groups in total. The van der Waals surface area contributed by atoms with Crippen LogP contribution in [-0.2, 0) is 9.84 Å². The van der Waals surface area contributed by atoms with E-state index in [9.17, 15) is 17.2 Å². The van der Waals surface area contributed by atoms with Gasteiger partial charge in [-0.25, -0.2) is 17.2 Å². The molecule has 0 amide bonds. The molecule has 1 aliphatic heterocycles. The van der Waals surface area contributed by atoms with E-state index in [0.29, 0.717) is 18.9 Å². The van der Waals surface area contributed by atoms with E-state index >= 15 is 0 Å². The minimum atomic E-state index is -3.68. The monoisotopic (exact) mass is 247 g/mol. The van der Waals surface area contributed by atoms with Gasteiger partial charge in [0, 0.05) is 12.1 Å². The lowest BCUT2D eigenvalue weighted by molar-refractivity contribution is 0.537. The van der Waals surface area contributed by atoms with E-state index < -0.39 is 32.4 Å². The molecule has 1 aromatic carbocycles. The molecule has 6 heteroatoms. The third kappa shape index (κ3) is 1.82. The average Bonchev–Trinajstić information content (AvgIpc) is 2.24. The SMILES string of the molecule is NC1CCCS(=O)(=O)c2c(F)cc(F)cc21. The molecule has 0 radical (unpaired) electrons. The number of nitrogens with two attached hydrogens (primary N) is 1. The Morgan fingerprint density at radius 1 is 1.31 bits per heavy atom. The smallest absolute Gasteiger partial charge is 0.181 e. The Bertz CT molecular complexity index is 528. The molecular formula is C10H11F2NO2S. The second kappa shape index (κ2) is 3.78. The van der Waals surface area contributed by atoms with Crippen molar-refractivity contribution in [3.05, 3.63) is 29.3 Å². The molecule has 1 unspecified atom stereocenters. The first kappa shape index (κ1) is 11.5. The summed E-state index contributed by atoms with van der Waals surface area (Å²) in [5, 5.41) is 0. The predicted octanol–water partition coefficient (Wildman–Crippen LogP) is 1.53. The Labute approximate surface area is 92.2 Å². The molecule has 1 aliphatic rings. The molecular weight excluding hydrogens is 236 g/mol. The molecule has 2 rings (SSSR count). The highest BCUT2D eigenvalue weighted by atomic mass is 32.2. The number of rotatable bonds is 0. The van der Waals surface area contributed by atoms with Crippen molar-refractivity contribution in [2.24, 2.45) is 5.73 Å². The van der Waals surface area contributed by atoms with Crippen LogP contribution < -0.4 is 5.73 Å². The molecule has 0 spiro atoms. The molecule has 0 saturated carbocycles. The van der Waals surface area contributed by atoms with Crippen LogP contribution in [-0.4, -0.2) is 14.2 Å². The van der Waals surface area contributed by atoms with Gasteiger partial charge in [0.25, 0.3) is 0 Å². The van der Waals surface area contributed by atoms with Crippen LogP contribution in [0.15, 0.2) is 17.0 Å². The van der Waals surface area contributed by atoms with E-state index in [2.05, 4.69) is 0 Å². The van der Waals surface area contributed by atoms with Gasteiger partial charge in [0.2, 0.25) is 0 Å². The molecule has 16 heavy (non-hydrogen) atoms. The zero-order valence-corrected chi connectivity index (χ0v) is 9.23. The quantitative estimate of drug-likeness (QED) is 0.707. The fourth-order valence-corrected chi connectivity index (χ4v) is 3.61. The molecule has 1 aromatic rings.